The number of benzene rings is 3. The van der Waals surface area contributed by atoms with Gasteiger partial charge in [-0.3, -0.25) is 9.52 Å². The summed E-state index contributed by atoms with van der Waals surface area (Å²) in [6, 6.07) is 19.5. The van der Waals surface area contributed by atoms with Crippen LogP contribution in [0.3, 0.4) is 0 Å². The van der Waals surface area contributed by atoms with Crippen molar-refractivity contribution in [2.45, 2.75) is 11.3 Å². The van der Waals surface area contributed by atoms with E-state index in [1.54, 1.807) is 55.6 Å². The molecule has 0 unspecified atom stereocenters. The number of carbonyl (C=O) groups excluding carboxylic acids is 2. The van der Waals surface area contributed by atoms with E-state index < -0.39 is 16.1 Å². The number of nitrogens with one attached hydrogen (secondary N) is 3. The van der Waals surface area contributed by atoms with Crippen molar-refractivity contribution in [3.8, 4) is 0 Å². The standard InChI is InChI=1S/C22H20N4O4S/c1-26-20-11-10-19(12-15(20)13-21(26)27)31(29,30)25-18-9-5-8-17(14-18)24-22(28)23-16-6-3-2-4-7-16/h2-12,14,25H,13H2,1H3,(H2,23,24,28). The van der Waals surface area contributed by atoms with Crippen molar-refractivity contribution in [2.75, 3.05) is 27.3 Å². The molecule has 8 nitrogen and oxygen atoms in total. The van der Waals surface area contributed by atoms with E-state index in [0.717, 1.165) is 0 Å². The van der Waals surface area contributed by atoms with Crippen LogP contribution in [-0.2, 0) is 21.2 Å². The smallest absolute Gasteiger partial charge is 0.315 e. The highest BCUT2D eigenvalue weighted by Crippen LogP contribution is 2.30. The topological polar surface area (TPSA) is 108 Å². The first-order chi connectivity index (χ1) is 14.8. The number of hydrogen-bond acceptors (Lipinski definition) is 4. The fourth-order valence-corrected chi connectivity index (χ4v) is 4.40. The monoisotopic (exact) mass is 436 g/mol. The zero-order valence-electron chi connectivity index (χ0n) is 16.6. The number of para-hydroxylation sites is 1. The maximum Gasteiger partial charge on any atom is 0.323 e. The summed E-state index contributed by atoms with van der Waals surface area (Å²) in [5.41, 5.74) is 2.74. The van der Waals surface area contributed by atoms with Crippen LogP contribution in [0.4, 0.5) is 27.5 Å². The molecule has 3 aromatic carbocycles. The Hall–Kier alpha value is -3.85. The first-order valence-corrected chi connectivity index (χ1v) is 11.0. The summed E-state index contributed by atoms with van der Waals surface area (Å²) in [4.78, 5) is 25.6. The fourth-order valence-electron chi connectivity index (χ4n) is 3.30. The van der Waals surface area contributed by atoms with Gasteiger partial charge in [0.2, 0.25) is 5.91 Å². The number of urea groups is 1. The predicted octanol–water partition coefficient (Wildman–Crippen LogP) is 3.65. The molecule has 0 spiro atoms. The van der Waals surface area contributed by atoms with Gasteiger partial charge in [-0.1, -0.05) is 24.3 Å². The van der Waals surface area contributed by atoms with Crippen LogP contribution in [0, 0.1) is 0 Å². The van der Waals surface area contributed by atoms with Gasteiger partial charge in [-0.05, 0) is 54.1 Å². The Morgan fingerprint density at radius 2 is 1.55 bits per heavy atom. The number of sulfonamides is 1. The summed E-state index contributed by atoms with van der Waals surface area (Å²) in [6.07, 6.45) is 0.172. The van der Waals surface area contributed by atoms with Crippen LogP contribution in [0.25, 0.3) is 0 Å². The van der Waals surface area contributed by atoms with Crippen molar-refractivity contribution < 1.29 is 18.0 Å². The molecule has 9 heteroatoms. The molecule has 158 valence electrons. The highest BCUT2D eigenvalue weighted by atomic mass is 32.2. The molecule has 3 N–H and O–H groups in total. The van der Waals surface area contributed by atoms with Crippen LogP contribution in [-0.4, -0.2) is 27.4 Å². The van der Waals surface area contributed by atoms with Gasteiger partial charge in [0, 0.05) is 24.1 Å². The van der Waals surface area contributed by atoms with Gasteiger partial charge in [-0.25, -0.2) is 13.2 Å². The van der Waals surface area contributed by atoms with E-state index in [0.29, 0.717) is 28.3 Å². The average molecular weight is 436 g/mol. The number of likely N-dealkylation sites (N-methyl/N-ethyl adjacent to an activating group) is 1. The summed E-state index contributed by atoms with van der Waals surface area (Å²) in [5.74, 6) is -0.0786. The van der Waals surface area contributed by atoms with Gasteiger partial charge in [0.05, 0.1) is 17.0 Å². The Bertz CT molecular complexity index is 1260. The average Bonchev–Trinajstić information content (AvgIpc) is 3.02. The molecule has 0 bridgehead atoms. The van der Waals surface area contributed by atoms with Crippen LogP contribution in [0.15, 0.2) is 77.7 Å². The van der Waals surface area contributed by atoms with Crippen molar-refractivity contribution >= 4 is 44.7 Å². The van der Waals surface area contributed by atoms with E-state index >= 15 is 0 Å². The SMILES string of the molecule is CN1C(=O)Cc2cc(S(=O)(=O)Nc3cccc(NC(=O)Nc4ccccc4)c3)ccc21. The van der Waals surface area contributed by atoms with Crippen LogP contribution in [0.2, 0.25) is 0 Å². The largest absolute Gasteiger partial charge is 0.323 e. The van der Waals surface area contributed by atoms with Gasteiger partial charge in [0.15, 0.2) is 0 Å². The second-order valence-corrected chi connectivity index (χ2v) is 8.73. The Morgan fingerprint density at radius 1 is 0.871 bits per heavy atom. The maximum absolute atomic E-state index is 12.8. The Labute approximate surface area is 179 Å². The molecule has 1 aliphatic rings. The fraction of sp³-hybridized carbons (Fsp3) is 0.0909. The summed E-state index contributed by atoms with van der Waals surface area (Å²) in [7, 11) is -2.21. The van der Waals surface area contributed by atoms with Crippen LogP contribution >= 0.6 is 0 Å². The minimum atomic E-state index is -3.87. The van der Waals surface area contributed by atoms with E-state index in [2.05, 4.69) is 15.4 Å². The normalized spacial score (nSPS) is 12.9. The summed E-state index contributed by atoms with van der Waals surface area (Å²) >= 11 is 0. The van der Waals surface area contributed by atoms with Gasteiger partial charge in [0.25, 0.3) is 10.0 Å². The summed E-state index contributed by atoms with van der Waals surface area (Å²) in [6.45, 7) is 0. The lowest BCUT2D eigenvalue weighted by molar-refractivity contribution is -0.117. The third-order valence-corrected chi connectivity index (χ3v) is 6.22. The maximum atomic E-state index is 12.8. The summed E-state index contributed by atoms with van der Waals surface area (Å²) < 4.78 is 28.2. The minimum absolute atomic E-state index is 0.0644. The molecular weight excluding hydrogens is 416 g/mol. The number of rotatable bonds is 5. The molecule has 0 aliphatic carbocycles. The van der Waals surface area contributed by atoms with E-state index in [4.69, 9.17) is 0 Å². The second-order valence-electron chi connectivity index (χ2n) is 7.05. The van der Waals surface area contributed by atoms with Crippen LogP contribution < -0.4 is 20.3 Å². The molecular formula is C22H20N4O4S. The van der Waals surface area contributed by atoms with Crippen molar-refractivity contribution in [1.29, 1.82) is 0 Å². The number of amides is 3. The molecule has 3 amide bonds. The Balaban J connectivity index is 1.48. The third kappa shape index (κ3) is 4.51. The van der Waals surface area contributed by atoms with E-state index in [1.165, 1.54) is 23.1 Å². The van der Waals surface area contributed by atoms with Crippen LogP contribution in [0.1, 0.15) is 5.56 Å². The Morgan fingerprint density at radius 3 is 2.32 bits per heavy atom. The van der Waals surface area contributed by atoms with Gasteiger partial charge in [-0.2, -0.15) is 0 Å². The predicted molar refractivity (Wildman–Crippen MR) is 120 cm³/mol. The lowest BCUT2D eigenvalue weighted by atomic mass is 10.2. The van der Waals surface area contributed by atoms with Crippen molar-refractivity contribution in [3.05, 3.63) is 78.4 Å². The first-order valence-electron chi connectivity index (χ1n) is 9.47. The molecule has 0 fully saturated rings. The van der Waals surface area contributed by atoms with Gasteiger partial charge in [-0.15, -0.1) is 0 Å². The number of nitrogens with zero attached hydrogens (tertiary/aromatic N) is 1. The number of fused-ring (bicyclic) bond motifs is 1. The van der Waals surface area contributed by atoms with Gasteiger partial charge >= 0.3 is 6.03 Å². The highest BCUT2D eigenvalue weighted by molar-refractivity contribution is 7.92. The molecule has 31 heavy (non-hydrogen) atoms. The number of anilines is 4. The zero-order chi connectivity index (χ0) is 22.0. The lowest BCUT2D eigenvalue weighted by Gasteiger charge is -2.13. The molecule has 0 radical (unpaired) electrons. The molecule has 1 aliphatic heterocycles. The van der Waals surface area contributed by atoms with Gasteiger partial charge < -0.3 is 15.5 Å². The molecule has 4 rings (SSSR count). The first kappa shape index (κ1) is 20.4. The van der Waals surface area contributed by atoms with Crippen molar-refractivity contribution in [1.82, 2.24) is 0 Å². The molecule has 3 aromatic rings. The van der Waals surface area contributed by atoms with Crippen molar-refractivity contribution in [2.24, 2.45) is 0 Å². The minimum Gasteiger partial charge on any atom is -0.315 e. The van der Waals surface area contributed by atoms with E-state index in [-0.39, 0.29) is 17.2 Å². The van der Waals surface area contributed by atoms with Crippen LogP contribution in [0.5, 0.6) is 0 Å². The number of hydrogen-bond donors (Lipinski definition) is 3. The molecule has 0 aromatic heterocycles. The molecule has 0 saturated heterocycles. The third-order valence-electron chi connectivity index (χ3n) is 4.84. The zero-order valence-corrected chi connectivity index (χ0v) is 17.4. The van der Waals surface area contributed by atoms with Crippen molar-refractivity contribution in [3.63, 3.8) is 0 Å². The van der Waals surface area contributed by atoms with E-state index in [9.17, 15) is 18.0 Å². The quantitative estimate of drug-likeness (QED) is 0.567. The Kier molecular flexibility index (Phi) is 5.35. The summed E-state index contributed by atoms with van der Waals surface area (Å²) in [5, 5.41) is 5.37. The van der Waals surface area contributed by atoms with E-state index in [1.807, 2.05) is 6.07 Å². The highest BCUT2D eigenvalue weighted by Gasteiger charge is 2.26. The second kappa shape index (κ2) is 8.11. The lowest BCUT2D eigenvalue weighted by Crippen LogP contribution is -2.20. The molecule has 0 atom stereocenters. The molecule has 0 saturated carbocycles. The number of carbonyl (C=O) groups is 2. The molecule has 1 heterocycles. The van der Waals surface area contributed by atoms with Gasteiger partial charge in [0.1, 0.15) is 0 Å².